The lowest BCUT2D eigenvalue weighted by Gasteiger charge is -2.40. The number of nitrogens with two attached hydrogens (primary N) is 1. The van der Waals surface area contributed by atoms with Crippen LogP contribution in [-0.2, 0) is 15.1 Å². The number of benzene rings is 2. The average molecular weight is 501 g/mol. The van der Waals surface area contributed by atoms with Crippen LogP contribution in [0.4, 0.5) is 8.78 Å². The first-order valence-corrected chi connectivity index (χ1v) is 11.3. The Hall–Kier alpha value is -1.77. The summed E-state index contributed by atoms with van der Waals surface area (Å²) < 4.78 is 35.6. The van der Waals surface area contributed by atoms with Crippen LogP contribution in [-0.4, -0.2) is 36.9 Å². The van der Waals surface area contributed by atoms with Gasteiger partial charge < -0.3 is 15.6 Å². The first-order valence-electron chi connectivity index (χ1n) is 10.6. The average Bonchev–Trinajstić information content (AvgIpc) is 3.01. The zero-order chi connectivity index (χ0) is 24.6. The molecule has 1 fully saturated rings. The Balaban J connectivity index is 2.28. The molecule has 1 aliphatic heterocycles. The van der Waals surface area contributed by atoms with Crippen LogP contribution in [0.5, 0.6) is 0 Å². The summed E-state index contributed by atoms with van der Waals surface area (Å²) in [5.74, 6) is -3.12. The molecular weight excluding hydrogens is 473 g/mol. The first kappa shape index (κ1) is 25.8. The summed E-state index contributed by atoms with van der Waals surface area (Å²) in [5.41, 5.74) is 5.18. The molecule has 1 saturated heterocycles. The normalized spacial score (nSPS) is 25.3. The van der Waals surface area contributed by atoms with E-state index in [0.717, 1.165) is 6.07 Å². The number of ether oxygens (including phenoxy) is 1. The predicted octanol–water partition coefficient (Wildman–Crippen LogP) is 4.52. The maximum absolute atomic E-state index is 15.3. The van der Waals surface area contributed by atoms with Crippen LogP contribution in [0.1, 0.15) is 43.7 Å². The van der Waals surface area contributed by atoms with Gasteiger partial charge in [-0.15, -0.1) is 0 Å². The summed E-state index contributed by atoms with van der Waals surface area (Å²) in [6, 6.07) is 6.77. The fourth-order valence-corrected chi connectivity index (χ4v) is 5.19. The molecule has 33 heavy (non-hydrogen) atoms. The van der Waals surface area contributed by atoms with E-state index in [0.29, 0.717) is 12.8 Å². The Kier molecular flexibility index (Phi) is 7.71. The van der Waals surface area contributed by atoms with Crippen molar-refractivity contribution in [1.82, 2.24) is 5.32 Å². The number of halogens is 4. The third-order valence-electron chi connectivity index (χ3n) is 6.52. The molecular formula is C24H28Cl2F2N2O3. The number of carbonyl (C=O) groups is 1. The molecule has 9 heteroatoms. The number of hydrogen-bond acceptors (Lipinski definition) is 5. The summed E-state index contributed by atoms with van der Waals surface area (Å²) >= 11 is 12.0. The molecule has 2 aromatic carbocycles. The monoisotopic (exact) mass is 500 g/mol. The standard InChI is InChI=1S/C24H28Cl2F2N2O3/c1-23(2,9-10-31)12-18-24(29,15-8-7-13(25)11-17(15)27)19(21(30-18)22(32)33-3)14-5-4-6-16(26)20(14)28/h4-8,11,18-19,21,30-31H,9-10,12,29H2,1-3H3/t18-,19-,21+,24+/m0/s1. The van der Waals surface area contributed by atoms with Gasteiger partial charge in [-0.25, -0.2) is 8.78 Å². The van der Waals surface area contributed by atoms with Gasteiger partial charge in [-0.2, -0.15) is 0 Å². The molecule has 0 saturated carbocycles. The fourth-order valence-electron chi connectivity index (χ4n) is 4.85. The van der Waals surface area contributed by atoms with Gasteiger partial charge in [-0.3, -0.25) is 10.1 Å². The van der Waals surface area contributed by atoms with Crippen LogP contribution < -0.4 is 11.1 Å². The fraction of sp³-hybridized carbons (Fsp3) is 0.458. The molecule has 0 amide bonds. The van der Waals surface area contributed by atoms with E-state index in [1.807, 2.05) is 13.8 Å². The van der Waals surface area contributed by atoms with E-state index in [1.54, 1.807) is 6.07 Å². The minimum Gasteiger partial charge on any atom is -0.468 e. The maximum atomic E-state index is 15.3. The summed E-state index contributed by atoms with van der Waals surface area (Å²) in [5, 5.41) is 12.7. The highest BCUT2D eigenvalue weighted by atomic mass is 35.5. The molecule has 0 spiro atoms. The van der Waals surface area contributed by atoms with Crippen molar-refractivity contribution in [2.45, 2.75) is 50.2 Å². The van der Waals surface area contributed by atoms with E-state index in [4.69, 9.17) is 33.7 Å². The molecule has 4 atom stereocenters. The highest BCUT2D eigenvalue weighted by Crippen LogP contribution is 2.50. The minimum absolute atomic E-state index is 0.0562. The maximum Gasteiger partial charge on any atom is 0.323 e. The number of rotatable bonds is 7. The van der Waals surface area contributed by atoms with Crippen LogP contribution >= 0.6 is 23.2 Å². The van der Waals surface area contributed by atoms with Gasteiger partial charge in [0.15, 0.2) is 0 Å². The summed E-state index contributed by atoms with van der Waals surface area (Å²) in [7, 11) is 1.22. The number of esters is 1. The molecule has 0 radical (unpaired) electrons. The molecule has 1 aliphatic rings. The highest BCUT2D eigenvalue weighted by molar-refractivity contribution is 6.31. The van der Waals surface area contributed by atoms with Gasteiger partial charge in [0, 0.05) is 29.2 Å². The quantitative estimate of drug-likeness (QED) is 0.486. The smallest absolute Gasteiger partial charge is 0.323 e. The first-order chi connectivity index (χ1) is 15.5. The molecule has 0 aromatic heterocycles. The number of nitrogens with one attached hydrogen (secondary N) is 1. The number of aliphatic hydroxyl groups is 1. The van der Waals surface area contributed by atoms with E-state index in [2.05, 4.69) is 5.32 Å². The Bertz CT molecular complexity index is 1040. The Labute approximate surface area is 202 Å². The van der Waals surface area contributed by atoms with Gasteiger partial charge >= 0.3 is 5.97 Å². The molecule has 0 aliphatic carbocycles. The largest absolute Gasteiger partial charge is 0.468 e. The Morgan fingerprint density at radius 1 is 1.27 bits per heavy atom. The number of carbonyl (C=O) groups excluding carboxylic acids is 1. The van der Waals surface area contributed by atoms with E-state index < -0.39 is 46.6 Å². The SMILES string of the molecule is COC(=O)[C@@H]1N[C@@H](CC(C)(C)CCO)[C@](N)(c2ccc(Cl)cc2F)[C@H]1c1cccc(Cl)c1F. The van der Waals surface area contributed by atoms with Crippen LogP contribution in [0.3, 0.4) is 0 Å². The molecule has 5 nitrogen and oxygen atoms in total. The molecule has 180 valence electrons. The third kappa shape index (κ3) is 4.88. The van der Waals surface area contributed by atoms with Crippen molar-refractivity contribution in [3.8, 4) is 0 Å². The summed E-state index contributed by atoms with van der Waals surface area (Å²) in [4.78, 5) is 12.8. The van der Waals surface area contributed by atoms with Crippen LogP contribution in [0.2, 0.25) is 10.0 Å². The molecule has 3 rings (SSSR count). The second-order valence-electron chi connectivity index (χ2n) is 9.24. The van der Waals surface area contributed by atoms with Gasteiger partial charge in [-0.05, 0) is 42.0 Å². The van der Waals surface area contributed by atoms with Crippen LogP contribution in [0.25, 0.3) is 0 Å². The highest BCUT2D eigenvalue weighted by Gasteiger charge is 2.59. The van der Waals surface area contributed by atoms with Crippen molar-refractivity contribution in [2.24, 2.45) is 11.1 Å². The number of methoxy groups -OCH3 is 1. The lowest BCUT2D eigenvalue weighted by molar-refractivity contribution is -0.143. The third-order valence-corrected chi connectivity index (χ3v) is 7.05. The van der Waals surface area contributed by atoms with Crippen molar-refractivity contribution in [2.75, 3.05) is 13.7 Å². The van der Waals surface area contributed by atoms with E-state index in [-0.39, 0.29) is 27.8 Å². The zero-order valence-electron chi connectivity index (χ0n) is 18.7. The van der Waals surface area contributed by atoms with Crippen molar-refractivity contribution < 1.29 is 23.4 Å². The van der Waals surface area contributed by atoms with Gasteiger partial charge in [0.2, 0.25) is 0 Å². The van der Waals surface area contributed by atoms with Crippen molar-refractivity contribution in [1.29, 1.82) is 0 Å². The lowest BCUT2D eigenvalue weighted by Crippen LogP contribution is -2.52. The van der Waals surface area contributed by atoms with E-state index in [9.17, 15) is 9.90 Å². The van der Waals surface area contributed by atoms with Crippen LogP contribution in [0.15, 0.2) is 36.4 Å². The molecule has 1 heterocycles. The minimum atomic E-state index is -1.58. The Morgan fingerprint density at radius 3 is 2.58 bits per heavy atom. The molecule has 0 bridgehead atoms. The topological polar surface area (TPSA) is 84.6 Å². The van der Waals surface area contributed by atoms with Gasteiger partial charge in [0.25, 0.3) is 0 Å². The van der Waals surface area contributed by atoms with Gasteiger partial charge in [0.05, 0.1) is 17.7 Å². The van der Waals surface area contributed by atoms with Gasteiger partial charge in [0.1, 0.15) is 17.7 Å². The Morgan fingerprint density at radius 2 is 1.97 bits per heavy atom. The second kappa shape index (κ2) is 9.84. The molecule has 2 aromatic rings. The summed E-state index contributed by atoms with van der Waals surface area (Å²) in [6.07, 6.45) is 0.807. The zero-order valence-corrected chi connectivity index (χ0v) is 20.2. The van der Waals surface area contributed by atoms with E-state index in [1.165, 1.54) is 31.4 Å². The predicted molar refractivity (Wildman–Crippen MR) is 124 cm³/mol. The molecule has 4 N–H and O–H groups in total. The lowest BCUT2D eigenvalue weighted by atomic mass is 9.68. The van der Waals surface area contributed by atoms with Crippen molar-refractivity contribution in [3.63, 3.8) is 0 Å². The number of aliphatic hydroxyl groups excluding tert-OH is 1. The van der Waals surface area contributed by atoms with Gasteiger partial charge in [-0.1, -0.05) is 55.2 Å². The second-order valence-corrected chi connectivity index (χ2v) is 10.1. The summed E-state index contributed by atoms with van der Waals surface area (Å²) in [6.45, 7) is 3.81. The number of hydrogen-bond donors (Lipinski definition) is 3. The van der Waals surface area contributed by atoms with Crippen LogP contribution in [0, 0.1) is 17.0 Å². The van der Waals surface area contributed by atoms with Crippen molar-refractivity contribution >= 4 is 29.2 Å². The molecule has 0 unspecified atom stereocenters. The van der Waals surface area contributed by atoms with E-state index >= 15 is 8.78 Å². The van der Waals surface area contributed by atoms with Crippen molar-refractivity contribution in [3.05, 3.63) is 69.2 Å².